The molecule has 1 aromatic rings. The van der Waals surface area contributed by atoms with E-state index in [-0.39, 0.29) is 5.75 Å². The molecule has 0 saturated heterocycles. The predicted molar refractivity (Wildman–Crippen MR) is 74.0 cm³/mol. The molecule has 0 aliphatic carbocycles. The van der Waals surface area contributed by atoms with Crippen molar-refractivity contribution in [1.29, 1.82) is 0 Å². The first kappa shape index (κ1) is 14.6. The molecular formula is C15H22O3. The summed E-state index contributed by atoms with van der Waals surface area (Å²) in [7, 11) is 1.54. The van der Waals surface area contributed by atoms with Crippen LogP contribution in [0.3, 0.4) is 0 Å². The highest BCUT2D eigenvalue weighted by Crippen LogP contribution is 2.26. The quantitative estimate of drug-likeness (QED) is 0.716. The first-order valence-corrected chi connectivity index (χ1v) is 6.39. The van der Waals surface area contributed by atoms with Crippen LogP contribution in [0.1, 0.15) is 31.7 Å². The SMILES string of the molecule is CCCCCOC/C=C/c1ccc(O)c(OC)c1. The molecule has 0 aromatic heterocycles. The van der Waals surface area contributed by atoms with Crippen molar-refractivity contribution < 1.29 is 14.6 Å². The minimum atomic E-state index is 0.158. The lowest BCUT2D eigenvalue weighted by atomic mass is 10.2. The van der Waals surface area contributed by atoms with Gasteiger partial charge in [0.2, 0.25) is 0 Å². The van der Waals surface area contributed by atoms with Gasteiger partial charge in [-0.05, 0) is 24.1 Å². The molecule has 0 heterocycles. The van der Waals surface area contributed by atoms with Crippen molar-refractivity contribution >= 4 is 6.08 Å². The normalized spacial score (nSPS) is 11.0. The molecule has 0 aliphatic heterocycles. The molecular weight excluding hydrogens is 228 g/mol. The molecule has 1 aromatic carbocycles. The standard InChI is InChI=1S/C15H22O3/c1-3-4-5-10-18-11-6-7-13-8-9-14(16)15(12-13)17-2/h6-9,12,16H,3-5,10-11H2,1-2H3/b7-6+. The second kappa shape index (κ2) is 8.59. The Kier molecular flexibility index (Phi) is 6.96. The van der Waals surface area contributed by atoms with Gasteiger partial charge in [0, 0.05) is 6.61 Å². The molecule has 1 rings (SSSR count). The number of methoxy groups -OCH3 is 1. The molecule has 3 nitrogen and oxygen atoms in total. The lowest BCUT2D eigenvalue weighted by Crippen LogP contribution is -1.93. The van der Waals surface area contributed by atoms with Crippen molar-refractivity contribution in [3.63, 3.8) is 0 Å². The summed E-state index contributed by atoms with van der Waals surface area (Å²) in [6, 6.07) is 5.26. The van der Waals surface area contributed by atoms with Crippen molar-refractivity contribution in [2.24, 2.45) is 0 Å². The van der Waals surface area contributed by atoms with Gasteiger partial charge in [-0.1, -0.05) is 38.0 Å². The lowest BCUT2D eigenvalue weighted by Gasteiger charge is -2.03. The van der Waals surface area contributed by atoms with Crippen LogP contribution in [-0.2, 0) is 4.74 Å². The number of rotatable bonds is 8. The summed E-state index contributed by atoms with van der Waals surface area (Å²) in [4.78, 5) is 0. The predicted octanol–water partition coefficient (Wildman–Crippen LogP) is 3.62. The highest BCUT2D eigenvalue weighted by molar-refractivity contribution is 5.55. The fourth-order valence-electron chi connectivity index (χ4n) is 1.59. The van der Waals surface area contributed by atoms with Crippen LogP contribution in [-0.4, -0.2) is 25.4 Å². The molecule has 100 valence electrons. The van der Waals surface area contributed by atoms with E-state index in [4.69, 9.17) is 9.47 Å². The first-order valence-electron chi connectivity index (χ1n) is 6.39. The maximum absolute atomic E-state index is 9.45. The van der Waals surface area contributed by atoms with Crippen LogP contribution in [0.5, 0.6) is 11.5 Å². The van der Waals surface area contributed by atoms with E-state index in [9.17, 15) is 5.11 Å². The molecule has 3 heteroatoms. The van der Waals surface area contributed by atoms with Crippen molar-refractivity contribution in [1.82, 2.24) is 0 Å². The highest BCUT2D eigenvalue weighted by atomic mass is 16.5. The largest absolute Gasteiger partial charge is 0.504 e. The Labute approximate surface area is 109 Å². The Morgan fingerprint density at radius 1 is 1.28 bits per heavy atom. The Bertz CT molecular complexity index is 372. The van der Waals surface area contributed by atoms with Crippen LogP contribution < -0.4 is 4.74 Å². The molecule has 0 saturated carbocycles. The average molecular weight is 250 g/mol. The monoisotopic (exact) mass is 250 g/mol. The number of benzene rings is 1. The summed E-state index contributed by atoms with van der Waals surface area (Å²) in [5.74, 6) is 0.645. The van der Waals surface area contributed by atoms with E-state index in [2.05, 4.69) is 6.92 Å². The molecule has 0 unspecified atom stereocenters. The van der Waals surface area contributed by atoms with Crippen LogP contribution in [0.25, 0.3) is 6.08 Å². The number of hydrogen-bond donors (Lipinski definition) is 1. The fraction of sp³-hybridized carbons (Fsp3) is 0.467. The minimum absolute atomic E-state index is 0.158. The zero-order chi connectivity index (χ0) is 13.2. The van der Waals surface area contributed by atoms with Gasteiger partial charge < -0.3 is 14.6 Å². The average Bonchev–Trinajstić information content (AvgIpc) is 2.39. The first-order chi connectivity index (χ1) is 8.77. The Balaban J connectivity index is 2.33. The summed E-state index contributed by atoms with van der Waals surface area (Å²) in [6.07, 6.45) is 7.49. The fourth-order valence-corrected chi connectivity index (χ4v) is 1.59. The van der Waals surface area contributed by atoms with Gasteiger partial charge in [0.15, 0.2) is 11.5 Å². The third-order valence-electron chi connectivity index (χ3n) is 2.62. The molecule has 18 heavy (non-hydrogen) atoms. The van der Waals surface area contributed by atoms with Gasteiger partial charge >= 0.3 is 0 Å². The van der Waals surface area contributed by atoms with Crippen molar-refractivity contribution in [2.45, 2.75) is 26.2 Å². The van der Waals surface area contributed by atoms with Crippen LogP contribution in [0, 0.1) is 0 Å². The molecule has 0 aliphatic rings. The van der Waals surface area contributed by atoms with E-state index < -0.39 is 0 Å². The van der Waals surface area contributed by atoms with Crippen LogP contribution >= 0.6 is 0 Å². The highest BCUT2D eigenvalue weighted by Gasteiger charge is 1.99. The number of unbranched alkanes of at least 4 members (excludes halogenated alkanes) is 2. The van der Waals surface area contributed by atoms with Crippen molar-refractivity contribution in [3.05, 3.63) is 29.8 Å². The van der Waals surface area contributed by atoms with Gasteiger partial charge in [-0.2, -0.15) is 0 Å². The van der Waals surface area contributed by atoms with Gasteiger partial charge in [-0.15, -0.1) is 0 Å². The van der Waals surface area contributed by atoms with Gasteiger partial charge in [0.1, 0.15) is 0 Å². The molecule has 1 N–H and O–H groups in total. The Morgan fingerprint density at radius 3 is 2.83 bits per heavy atom. The van der Waals surface area contributed by atoms with Crippen LogP contribution in [0.2, 0.25) is 0 Å². The number of hydrogen-bond acceptors (Lipinski definition) is 3. The maximum Gasteiger partial charge on any atom is 0.161 e. The van der Waals surface area contributed by atoms with E-state index in [0.717, 1.165) is 18.6 Å². The van der Waals surface area contributed by atoms with E-state index in [1.165, 1.54) is 12.8 Å². The number of phenols is 1. The summed E-state index contributed by atoms with van der Waals surface area (Å²) < 4.78 is 10.5. The van der Waals surface area contributed by atoms with Crippen molar-refractivity contribution in [2.75, 3.05) is 20.3 Å². The summed E-state index contributed by atoms with van der Waals surface area (Å²) in [6.45, 7) is 3.61. The zero-order valence-electron chi connectivity index (χ0n) is 11.2. The lowest BCUT2D eigenvalue weighted by molar-refractivity contribution is 0.158. The minimum Gasteiger partial charge on any atom is -0.504 e. The molecule has 0 radical (unpaired) electrons. The third kappa shape index (κ3) is 5.23. The second-order valence-corrected chi connectivity index (χ2v) is 4.12. The smallest absolute Gasteiger partial charge is 0.161 e. The number of phenolic OH excluding ortho intramolecular Hbond substituents is 1. The molecule has 0 atom stereocenters. The van der Waals surface area contributed by atoms with Gasteiger partial charge in [-0.3, -0.25) is 0 Å². The number of aromatic hydroxyl groups is 1. The van der Waals surface area contributed by atoms with Gasteiger partial charge in [0.25, 0.3) is 0 Å². The summed E-state index contributed by atoms with van der Waals surface area (Å²) >= 11 is 0. The Hall–Kier alpha value is -1.48. The Morgan fingerprint density at radius 2 is 2.11 bits per heavy atom. The van der Waals surface area contributed by atoms with Crippen LogP contribution in [0.4, 0.5) is 0 Å². The van der Waals surface area contributed by atoms with E-state index in [1.807, 2.05) is 18.2 Å². The molecule has 0 spiro atoms. The zero-order valence-corrected chi connectivity index (χ0v) is 11.2. The second-order valence-electron chi connectivity index (χ2n) is 4.12. The summed E-state index contributed by atoms with van der Waals surface area (Å²) in [5, 5.41) is 9.45. The molecule has 0 amide bonds. The van der Waals surface area contributed by atoms with Crippen molar-refractivity contribution in [3.8, 4) is 11.5 Å². The van der Waals surface area contributed by atoms with Crippen LogP contribution in [0.15, 0.2) is 24.3 Å². The molecule has 0 fully saturated rings. The topological polar surface area (TPSA) is 38.7 Å². The maximum atomic E-state index is 9.45. The van der Waals surface area contributed by atoms with E-state index in [1.54, 1.807) is 19.2 Å². The third-order valence-corrected chi connectivity index (χ3v) is 2.62. The number of ether oxygens (including phenoxy) is 2. The summed E-state index contributed by atoms with van der Waals surface area (Å²) in [5.41, 5.74) is 0.988. The van der Waals surface area contributed by atoms with Gasteiger partial charge in [0.05, 0.1) is 13.7 Å². The van der Waals surface area contributed by atoms with Gasteiger partial charge in [-0.25, -0.2) is 0 Å². The van der Waals surface area contributed by atoms with E-state index in [0.29, 0.717) is 12.4 Å². The molecule has 0 bridgehead atoms. The van der Waals surface area contributed by atoms with E-state index >= 15 is 0 Å².